The van der Waals surface area contributed by atoms with Gasteiger partial charge < -0.3 is 9.30 Å². The van der Waals surface area contributed by atoms with Gasteiger partial charge in [-0.1, -0.05) is 6.07 Å². The van der Waals surface area contributed by atoms with Gasteiger partial charge in [0.1, 0.15) is 5.82 Å². The van der Waals surface area contributed by atoms with Gasteiger partial charge in [0.25, 0.3) is 0 Å². The summed E-state index contributed by atoms with van der Waals surface area (Å²) >= 11 is 0. The molecule has 0 unspecified atom stereocenters. The molecule has 0 aliphatic heterocycles. The Hall–Kier alpha value is -3.21. The van der Waals surface area contributed by atoms with Gasteiger partial charge in [-0.15, -0.1) is 0 Å². The standard InChI is InChI=1S/C22H21FN2O2/c1-4-27-22(26)17-6-5-7-20(13-17)24-14-18-12-15(2)25(16(18)3)21-10-8-19(23)9-11-21/h5-14H,4H2,1-3H3. The first-order valence-electron chi connectivity index (χ1n) is 8.75. The van der Waals surface area contributed by atoms with Gasteiger partial charge in [0.05, 0.1) is 17.9 Å². The summed E-state index contributed by atoms with van der Waals surface area (Å²) in [5.41, 5.74) is 5.04. The molecule has 1 heterocycles. The van der Waals surface area contributed by atoms with Crippen LogP contribution in [0.2, 0.25) is 0 Å². The molecule has 3 rings (SSSR count). The zero-order valence-electron chi connectivity index (χ0n) is 15.6. The molecule has 0 saturated heterocycles. The SMILES string of the molecule is CCOC(=O)c1cccc(N=Cc2cc(C)n(-c3ccc(F)cc3)c2C)c1. The molecule has 0 aliphatic carbocycles. The van der Waals surface area contributed by atoms with Crippen LogP contribution in [0.15, 0.2) is 59.6 Å². The highest BCUT2D eigenvalue weighted by atomic mass is 19.1. The first-order chi connectivity index (χ1) is 13.0. The largest absolute Gasteiger partial charge is 0.462 e. The lowest BCUT2D eigenvalue weighted by molar-refractivity contribution is 0.0526. The molecule has 138 valence electrons. The Labute approximate surface area is 157 Å². The van der Waals surface area contributed by atoms with Crippen LogP contribution in [-0.4, -0.2) is 23.4 Å². The first-order valence-corrected chi connectivity index (χ1v) is 8.75. The predicted molar refractivity (Wildman–Crippen MR) is 105 cm³/mol. The lowest BCUT2D eigenvalue weighted by atomic mass is 10.2. The normalized spacial score (nSPS) is 11.1. The van der Waals surface area contributed by atoms with Crippen LogP contribution in [0.3, 0.4) is 0 Å². The van der Waals surface area contributed by atoms with E-state index in [1.165, 1.54) is 12.1 Å². The summed E-state index contributed by atoms with van der Waals surface area (Å²) < 4.78 is 20.3. The van der Waals surface area contributed by atoms with Crippen molar-refractivity contribution in [2.24, 2.45) is 4.99 Å². The quantitative estimate of drug-likeness (QED) is 0.464. The Morgan fingerprint density at radius 2 is 1.89 bits per heavy atom. The van der Waals surface area contributed by atoms with Crippen molar-refractivity contribution in [3.05, 3.63) is 82.9 Å². The lowest BCUT2D eigenvalue weighted by Gasteiger charge is -2.09. The molecule has 0 N–H and O–H groups in total. The van der Waals surface area contributed by atoms with Crippen molar-refractivity contribution in [1.82, 2.24) is 4.57 Å². The Morgan fingerprint density at radius 3 is 2.59 bits per heavy atom. The summed E-state index contributed by atoms with van der Waals surface area (Å²) in [7, 11) is 0. The minimum absolute atomic E-state index is 0.260. The molecule has 4 nitrogen and oxygen atoms in total. The van der Waals surface area contributed by atoms with E-state index in [2.05, 4.69) is 9.56 Å². The molecule has 0 aliphatic rings. The number of halogens is 1. The molecule has 0 bridgehead atoms. The first kappa shape index (κ1) is 18.6. The minimum atomic E-state index is -0.357. The average molecular weight is 364 g/mol. The van der Waals surface area contributed by atoms with E-state index in [1.807, 2.05) is 26.0 Å². The highest BCUT2D eigenvalue weighted by Crippen LogP contribution is 2.21. The van der Waals surface area contributed by atoms with Crippen LogP contribution in [-0.2, 0) is 4.74 Å². The van der Waals surface area contributed by atoms with Gasteiger partial charge in [-0.3, -0.25) is 4.99 Å². The molecule has 3 aromatic rings. The number of esters is 1. The van der Waals surface area contributed by atoms with Crippen LogP contribution in [0, 0.1) is 19.7 Å². The number of aliphatic imine (C=N–C) groups is 1. The maximum atomic E-state index is 13.2. The molecule has 2 aromatic carbocycles. The average Bonchev–Trinajstić information content (AvgIpc) is 2.95. The van der Waals surface area contributed by atoms with Crippen LogP contribution in [0.1, 0.15) is 34.2 Å². The highest BCUT2D eigenvalue weighted by Gasteiger charge is 2.10. The van der Waals surface area contributed by atoms with E-state index in [-0.39, 0.29) is 11.8 Å². The van der Waals surface area contributed by atoms with Crippen LogP contribution in [0.4, 0.5) is 10.1 Å². The Morgan fingerprint density at radius 1 is 1.15 bits per heavy atom. The van der Waals surface area contributed by atoms with E-state index in [1.54, 1.807) is 43.5 Å². The third kappa shape index (κ3) is 4.14. The molecule has 0 saturated carbocycles. The molecule has 0 amide bonds. The van der Waals surface area contributed by atoms with E-state index < -0.39 is 0 Å². The highest BCUT2D eigenvalue weighted by molar-refractivity contribution is 5.91. The summed E-state index contributed by atoms with van der Waals surface area (Å²) in [4.78, 5) is 16.3. The molecule has 0 spiro atoms. The number of hydrogen-bond acceptors (Lipinski definition) is 3. The molecule has 1 aromatic heterocycles. The Kier molecular flexibility index (Phi) is 5.50. The zero-order valence-corrected chi connectivity index (χ0v) is 15.6. The summed E-state index contributed by atoms with van der Waals surface area (Å²) in [6.07, 6.45) is 1.77. The number of aromatic nitrogens is 1. The van der Waals surface area contributed by atoms with Crippen molar-refractivity contribution in [2.45, 2.75) is 20.8 Å². The number of aryl methyl sites for hydroxylation is 1. The zero-order chi connectivity index (χ0) is 19.4. The van der Waals surface area contributed by atoms with E-state index in [0.717, 1.165) is 22.6 Å². The van der Waals surface area contributed by atoms with E-state index in [9.17, 15) is 9.18 Å². The van der Waals surface area contributed by atoms with Gasteiger partial charge in [-0.2, -0.15) is 0 Å². The molecule has 0 fully saturated rings. The fourth-order valence-electron chi connectivity index (χ4n) is 2.98. The number of carbonyl (C=O) groups excluding carboxylic acids is 1. The topological polar surface area (TPSA) is 43.6 Å². The van der Waals surface area contributed by atoms with Gasteiger partial charge in [0.15, 0.2) is 0 Å². The maximum absolute atomic E-state index is 13.2. The van der Waals surface area contributed by atoms with Crippen molar-refractivity contribution in [2.75, 3.05) is 6.61 Å². The van der Waals surface area contributed by atoms with Crippen LogP contribution >= 0.6 is 0 Å². The maximum Gasteiger partial charge on any atom is 0.338 e. The van der Waals surface area contributed by atoms with Crippen LogP contribution < -0.4 is 0 Å². The molecular weight excluding hydrogens is 343 g/mol. The van der Waals surface area contributed by atoms with Gasteiger partial charge in [-0.25, -0.2) is 9.18 Å². The predicted octanol–water partition coefficient (Wildman–Crippen LogP) is 5.16. The fraction of sp³-hybridized carbons (Fsp3) is 0.182. The van der Waals surface area contributed by atoms with Gasteiger partial charge in [0, 0.05) is 28.9 Å². The second-order valence-corrected chi connectivity index (χ2v) is 6.17. The molecular formula is C22H21FN2O2. The number of nitrogens with zero attached hydrogens (tertiary/aromatic N) is 2. The number of benzene rings is 2. The third-order valence-electron chi connectivity index (χ3n) is 4.27. The van der Waals surface area contributed by atoms with Crippen molar-refractivity contribution >= 4 is 17.9 Å². The molecule has 0 radical (unpaired) electrons. The molecule has 27 heavy (non-hydrogen) atoms. The van der Waals surface area contributed by atoms with Gasteiger partial charge in [0.2, 0.25) is 0 Å². The number of carbonyl (C=O) groups is 1. The van der Waals surface area contributed by atoms with Crippen molar-refractivity contribution < 1.29 is 13.9 Å². The summed E-state index contributed by atoms with van der Waals surface area (Å²) in [5, 5.41) is 0. The second-order valence-electron chi connectivity index (χ2n) is 6.17. The van der Waals surface area contributed by atoms with Gasteiger partial charge >= 0.3 is 5.97 Å². The second kappa shape index (κ2) is 7.99. The van der Waals surface area contributed by atoms with Crippen LogP contribution in [0.5, 0.6) is 0 Å². The summed E-state index contributed by atoms with van der Waals surface area (Å²) in [6.45, 7) is 6.10. The van der Waals surface area contributed by atoms with E-state index in [4.69, 9.17) is 4.74 Å². The smallest absolute Gasteiger partial charge is 0.338 e. The lowest BCUT2D eigenvalue weighted by Crippen LogP contribution is -2.03. The molecule has 0 atom stereocenters. The number of hydrogen-bond donors (Lipinski definition) is 0. The monoisotopic (exact) mass is 364 g/mol. The van der Waals surface area contributed by atoms with Crippen molar-refractivity contribution in [3.63, 3.8) is 0 Å². The minimum Gasteiger partial charge on any atom is -0.462 e. The Balaban J connectivity index is 1.88. The third-order valence-corrected chi connectivity index (χ3v) is 4.27. The van der Waals surface area contributed by atoms with Crippen LogP contribution in [0.25, 0.3) is 5.69 Å². The summed E-state index contributed by atoms with van der Waals surface area (Å²) in [5.74, 6) is -0.617. The number of rotatable bonds is 5. The fourth-order valence-corrected chi connectivity index (χ4v) is 2.98. The van der Waals surface area contributed by atoms with Crippen molar-refractivity contribution in [3.8, 4) is 5.69 Å². The van der Waals surface area contributed by atoms with Crippen molar-refractivity contribution in [1.29, 1.82) is 0 Å². The summed E-state index contributed by atoms with van der Waals surface area (Å²) in [6, 6.07) is 15.4. The Bertz CT molecular complexity index is 988. The number of ether oxygens (including phenoxy) is 1. The molecule has 5 heteroatoms. The van der Waals surface area contributed by atoms with Gasteiger partial charge in [-0.05, 0) is 69.3 Å². The van der Waals surface area contributed by atoms with E-state index >= 15 is 0 Å². The van der Waals surface area contributed by atoms with E-state index in [0.29, 0.717) is 17.9 Å².